The van der Waals surface area contributed by atoms with E-state index >= 15 is 0 Å². The number of ether oxygens (including phenoxy) is 1. The summed E-state index contributed by atoms with van der Waals surface area (Å²) >= 11 is 5.93. The fraction of sp³-hybridized carbons (Fsp3) is 0.300. The van der Waals surface area contributed by atoms with Gasteiger partial charge in [-0.25, -0.2) is 4.79 Å². The van der Waals surface area contributed by atoms with Gasteiger partial charge in [-0.15, -0.1) is 0 Å². The summed E-state index contributed by atoms with van der Waals surface area (Å²) in [5.41, 5.74) is 1.56. The van der Waals surface area contributed by atoms with Gasteiger partial charge in [0.2, 0.25) is 0 Å². The molecule has 26 heavy (non-hydrogen) atoms. The Labute approximate surface area is 156 Å². The normalized spacial score (nSPS) is 21.7. The van der Waals surface area contributed by atoms with Crippen molar-refractivity contribution in [2.24, 2.45) is 0 Å². The summed E-state index contributed by atoms with van der Waals surface area (Å²) in [5, 5.41) is 3.51. The fourth-order valence-electron chi connectivity index (χ4n) is 3.72. The Balaban J connectivity index is 1.43. The van der Waals surface area contributed by atoms with Crippen LogP contribution in [0, 0.1) is 0 Å². The van der Waals surface area contributed by atoms with Crippen molar-refractivity contribution in [3.05, 3.63) is 64.7 Å². The number of aryl methyl sites for hydroxylation is 1. The standard InChI is InChI=1S/C20H19ClN2O3/c21-16-6-3-7-17(12-16)26-11-10-23-18(24)20(22-19(23)25)9-8-14-4-1-2-5-15(14)13-20/h1-7,12H,8-11,13H2,(H,22,25)/t20-/m0/s1. The molecule has 0 radical (unpaired) electrons. The summed E-state index contributed by atoms with van der Waals surface area (Å²) < 4.78 is 5.62. The maximum absolute atomic E-state index is 13.0. The van der Waals surface area contributed by atoms with Crippen LogP contribution < -0.4 is 10.1 Å². The number of benzene rings is 2. The molecule has 134 valence electrons. The third kappa shape index (κ3) is 3.03. The van der Waals surface area contributed by atoms with Gasteiger partial charge >= 0.3 is 6.03 Å². The lowest BCUT2D eigenvalue weighted by atomic mass is 9.78. The first kappa shape index (κ1) is 16.9. The second-order valence-corrected chi connectivity index (χ2v) is 7.16. The maximum atomic E-state index is 13.0. The molecule has 1 saturated heterocycles. The van der Waals surface area contributed by atoms with E-state index in [-0.39, 0.29) is 25.1 Å². The molecule has 0 aromatic heterocycles. The van der Waals surface area contributed by atoms with E-state index in [1.807, 2.05) is 18.2 Å². The highest BCUT2D eigenvalue weighted by atomic mass is 35.5. The minimum absolute atomic E-state index is 0.160. The van der Waals surface area contributed by atoms with E-state index in [1.54, 1.807) is 24.3 Å². The monoisotopic (exact) mass is 370 g/mol. The van der Waals surface area contributed by atoms with E-state index in [1.165, 1.54) is 10.5 Å². The fourth-order valence-corrected chi connectivity index (χ4v) is 3.90. The van der Waals surface area contributed by atoms with Crippen molar-refractivity contribution in [2.45, 2.75) is 24.8 Å². The average Bonchev–Trinajstić information content (AvgIpc) is 2.85. The molecule has 4 rings (SSSR count). The number of carbonyl (C=O) groups is 2. The van der Waals surface area contributed by atoms with Gasteiger partial charge in [-0.2, -0.15) is 0 Å². The van der Waals surface area contributed by atoms with Crippen molar-refractivity contribution < 1.29 is 14.3 Å². The van der Waals surface area contributed by atoms with Gasteiger partial charge < -0.3 is 10.1 Å². The lowest BCUT2D eigenvalue weighted by Gasteiger charge is -2.32. The van der Waals surface area contributed by atoms with Gasteiger partial charge in [-0.3, -0.25) is 9.69 Å². The molecule has 1 atom stereocenters. The van der Waals surface area contributed by atoms with Gasteiger partial charge in [0.05, 0.1) is 6.54 Å². The highest BCUT2D eigenvalue weighted by Crippen LogP contribution is 2.33. The van der Waals surface area contributed by atoms with Gasteiger partial charge in [0.25, 0.3) is 5.91 Å². The van der Waals surface area contributed by atoms with Gasteiger partial charge in [-0.1, -0.05) is 41.9 Å². The molecule has 2 aromatic rings. The predicted molar refractivity (Wildman–Crippen MR) is 98.4 cm³/mol. The van der Waals surface area contributed by atoms with Crippen LogP contribution in [-0.4, -0.2) is 35.5 Å². The zero-order chi connectivity index (χ0) is 18.1. The first-order valence-corrected chi connectivity index (χ1v) is 9.04. The topological polar surface area (TPSA) is 58.6 Å². The Kier molecular flexibility index (Phi) is 4.32. The van der Waals surface area contributed by atoms with E-state index in [9.17, 15) is 9.59 Å². The molecule has 1 heterocycles. The lowest BCUT2D eigenvalue weighted by Crippen LogP contribution is -2.51. The van der Waals surface area contributed by atoms with Crippen LogP contribution in [0.15, 0.2) is 48.5 Å². The summed E-state index contributed by atoms with van der Waals surface area (Å²) in [5.74, 6) is 0.456. The molecule has 0 bridgehead atoms. The molecule has 0 saturated carbocycles. The molecule has 5 nitrogen and oxygen atoms in total. The van der Waals surface area contributed by atoms with Crippen molar-refractivity contribution in [3.63, 3.8) is 0 Å². The van der Waals surface area contributed by atoms with Crippen LogP contribution in [0.25, 0.3) is 0 Å². The summed E-state index contributed by atoms with van der Waals surface area (Å²) in [4.78, 5) is 26.6. The Morgan fingerprint density at radius 1 is 1.12 bits per heavy atom. The highest BCUT2D eigenvalue weighted by molar-refractivity contribution is 6.30. The zero-order valence-corrected chi connectivity index (χ0v) is 15.0. The maximum Gasteiger partial charge on any atom is 0.325 e. The number of amides is 3. The van der Waals surface area contributed by atoms with Crippen LogP contribution in [0.5, 0.6) is 5.75 Å². The number of halogens is 1. The van der Waals surface area contributed by atoms with Crippen molar-refractivity contribution in [1.29, 1.82) is 0 Å². The first-order valence-electron chi connectivity index (χ1n) is 8.67. The van der Waals surface area contributed by atoms with Crippen LogP contribution >= 0.6 is 11.6 Å². The molecule has 6 heteroatoms. The number of carbonyl (C=O) groups excluding carboxylic acids is 2. The molecule has 0 unspecified atom stereocenters. The van der Waals surface area contributed by atoms with Crippen molar-refractivity contribution in [1.82, 2.24) is 10.2 Å². The lowest BCUT2D eigenvalue weighted by molar-refractivity contribution is -0.132. The Bertz CT molecular complexity index is 870. The average molecular weight is 371 g/mol. The molecule has 1 spiro atoms. The summed E-state index contributed by atoms with van der Waals surface area (Å²) in [6.45, 7) is 0.437. The van der Waals surface area contributed by atoms with E-state index in [4.69, 9.17) is 16.3 Å². The molecule has 2 aliphatic rings. The summed E-state index contributed by atoms with van der Waals surface area (Å²) in [6.07, 6.45) is 1.95. The van der Waals surface area contributed by atoms with Crippen molar-refractivity contribution >= 4 is 23.5 Å². The Hall–Kier alpha value is -2.53. The van der Waals surface area contributed by atoms with Gasteiger partial charge in [0.15, 0.2) is 0 Å². The number of nitrogens with zero attached hydrogens (tertiary/aromatic N) is 1. The molecule has 3 amide bonds. The molecule has 1 N–H and O–H groups in total. The van der Waals surface area contributed by atoms with Gasteiger partial charge in [-0.05, 0) is 42.2 Å². The summed E-state index contributed by atoms with van der Waals surface area (Å²) in [6, 6.07) is 14.8. The zero-order valence-electron chi connectivity index (χ0n) is 14.2. The van der Waals surface area contributed by atoms with Crippen LogP contribution in [0.2, 0.25) is 5.02 Å². The minimum Gasteiger partial charge on any atom is -0.492 e. The van der Waals surface area contributed by atoms with Crippen LogP contribution in [0.1, 0.15) is 17.5 Å². The molecule has 1 aliphatic heterocycles. The second-order valence-electron chi connectivity index (χ2n) is 6.72. The predicted octanol–water partition coefficient (Wildman–Crippen LogP) is 3.20. The molecule has 2 aromatic carbocycles. The van der Waals surface area contributed by atoms with Crippen molar-refractivity contribution in [3.8, 4) is 5.75 Å². The van der Waals surface area contributed by atoms with Gasteiger partial charge in [0, 0.05) is 11.4 Å². The third-order valence-corrected chi connectivity index (χ3v) is 5.29. The number of hydrogen-bond donors (Lipinski definition) is 1. The van der Waals surface area contributed by atoms with E-state index in [2.05, 4.69) is 11.4 Å². The van der Waals surface area contributed by atoms with Gasteiger partial charge in [0.1, 0.15) is 17.9 Å². The molecular formula is C20H19ClN2O3. The minimum atomic E-state index is -0.818. The Morgan fingerprint density at radius 3 is 2.73 bits per heavy atom. The number of nitrogens with one attached hydrogen (secondary N) is 1. The van der Waals surface area contributed by atoms with E-state index in [0.29, 0.717) is 23.6 Å². The quantitative estimate of drug-likeness (QED) is 0.841. The molecular weight excluding hydrogens is 352 g/mol. The first-order chi connectivity index (χ1) is 12.6. The largest absolute Gasteiger partial charge is 0.492 e. The smallest absolute Gasteiger partial charge is 0.325 e. The highest BCUT2D eigenvalue weighted by Gasteiger charge is 2.52. The third-order valence-electron chi connectivity index (χ3n) is 5.06. The van der Waals surface area contributed by atoms with E-state index < -0.39 is 5.54 Å². The SMILES string of the molecule is O=C1N[C@]2(CCc3ccccc3C2)C(=O)N1CCOc1cccc(Cl)c1. The number of urea groups is 1. The van der Waals surface area contributed by atoms with Crippen LogP contribution in [0.3, 0.4) is 0 Å². The molecule has 1 fully saturated rings. The van der Waals surface area contributed by atoms with Crippen molar-refractivity contribution in [2.75, 3.05) is 13.2 Å². The number of rotatable bonds is 4. The second kappa shape index (κ2) is 6.65. The van der Waals surface area contributed by atoms with E-state index in [0.717, 1.165) is 12.0 Å². The van der Waals surface area contributed by atoms with Crippen LogP contribution in [0.4, 0.5) is 4.79 Å². The number of imide groups is 1. The number of fused-ring (bicyclic) bond motifs is 1. The molecule has 1 aliphatic carbocycles. The number of hydrogen-bond acceptors (Lipinski definition) is 3. The Morgan fingerprint density at radius 2 is 1.92 bits per heavy atom. The van der Waals surface area contributed by atoms with Crippen LogP contribution in [-0.2, 0) is 17.6 Å². The summed E-state index contributed by atoms with van der Waals surface area (Å²) in [7, 11) is 0.